The molecule has 1 amide bonds. The Bertz CT molecular complexity index is 761. The van der Waals surface area contributed by atoms with Gasteiger partial charge in [0.25, 0.3) is 5.91 Å². The number of benzene rings is 2. The summed E-state index contributed by atoms with van der Waals surface area (Å²) in [6, 6.07) is 10.9. The van der Waals surface area contributed by atoms with Crippen molar-refractivity contribution in [3.63, 3.8) is 0 Å². The highest BCUT2D eigenvalue weighted by Crippen LogP contribution is 2.31. The summed E-state index contributed by atoms with van der Waals surface area (Å²) in [5.74, 6) is 0.493. The van der Waals surface area contributed by atoms with Crippen LogP contribution in [-0.2, 0) is 0 Å². The number of ether oxygens (including phenoxy) is 1. The number of anilines is 2. The van der Waals surface area contributed by atoms with E-state index in [0.29, 0.717) is 22.0 Å². The summed E-state index contributed by atoms with van der Waals surface area (Å²) in [4.78, 5) is 14.7. The van der Waals surface area contributed by atoms with Crippen molar-refractivity contribution in [1.82, 2.24) is 0 Å². The van der Waals surface area contributed by atoms with Crippen LogP contribution in [-0.4, -0.2) is 26.1 Å². The Hall–Kier alpha value is -1.72. The van der Waals surface area contributed by atoms with Gasteiger partial charge in [-0.2, -0.15) is 0 Å². The fraction of sp³-hybridized carbons (Fsp3) is 0.278. The van der Waals surface area contributed by atoms with E-state index in [4.69, 9.17) is 16.3 Å². The Balaban J connectivity index is 1.74. The van der Waals surface area contributed by atoms with Crippen LogP contribution in [0, 0.1) is 0 Å². The van der Waals surface area contributed by atoms with Crippen molar-refractivity contribution in [2.45, 2.75) is 12.8 Å². The van der Waals surface area contributed by atoms with E-state index in [1.54, 1.807) is 31.4 Å². The molecule has 6 heteroatoms. The number of hydrogen-bond acceptors (Lipinski definition) is 3. The average molecular weight is 410 g/mol. The van der Waals surface area contributed by atoms with E-state index in [-0.39, 0.29) is 5.91 Å². The quantitative estimate of drug-likeness (QED) is 0.775. The SMILES string of the molecule is COc1ccc(C(=O)Nc2ccc(N3CCCC3)c(Cl)c2)cc1Br. The van der Waals surface area contributed by atoms with Crippen LogP contribution in [0.25, 0.3) is 0 Å². The fourth-order valence-electron chi connectivity index (χ4n) is 2.81. The van der Waals surface area contributed by atoms with E-state index >= 15 is 0 Å². The standard InChI is InChI=1S/C18H18BrClN2O2/c1-24-17-7-4-12(10-14(17)19)18(23)21-13-5-6-16(15(20)11-13)22-8-2-3-9-22/h4-7,10-11H,2-3,8-9H2,1H3,(H,21,23). The monoisotopic (exact) mass is 408 g/mol. The van der Waals surface area contributed by atoms with Gasteiger partial charge in [0.1, 0.15) is 5.75 Å². The van der Waals surface area contributed by atoms with E-state index in [2.05, 4.69) is 26.1 Å². The number of halogens is 2. The smallest absolute Gasteiger partial charge is 0.255 e. The third-order valence-electron chi connectivity index (χ3n) is 4.07. The molecule has 0 saturated carbocycles. The van der Waals surface area contributed by atoms with Gasteiger partial charge in [-0.3, -0.25) is 4.79 Å². The van der Waals surface area contributed by atoms with Gasteiger partial charge in [0, 0.05) is 24.3 Å². The van der Waals surface area contributed by atoms with Crippen LogP contribution in [0.3, 0.4) is 0 Å². The lowest BCUT2D eigenvalue weighted by Gasteiger charge is -2.19. The number of nitrogens with one attached hydrogen (secondary N) is 1. The topological polar surface area (TPSA) is 41.6 Å². The maximum absolute atomic E-state index is 12.4. The molecule has 1 saturated heterocycles. The molecule has 0 unspecified atom stereocenters. The summed E-state index contributed by atoms with van der Waals surface area (Å²) in [5.41, 5.74) is 2.25. The molecule has 1 N–H and O–H groups in total. The largest absolute Gasteiger partial charge is 0.496 e. The van der Waals surface area contributed by atoms with Crippen LogP contribution in [0.2, 0.25) is 5.02 Å². The third-order valence-corrected chi connectivity index (χ3v) is 4.99. The van der Waals surface area contributed by atoms with Gasteiger partial charge in [-0.15, -0.1) is 0 Å². The van der Waals surface area contributed by atoms with E-state index < -0.39 is 0 Å². The summed E-state index contributed by atoms with van der Waals surface area (Å²) >= 11 is 9.77. The van der Waals surface area contributed by atoms with Crippen molar-refractivity contribution in [2.24, 2.45) is 0 Å². The molecular formula is C18H18BrClN2O2. The molecule has 24 heavy (non-hydrogen) atoms. The van der Waals surface area contributed by atoms with Crippen molar-refractivity contribution in [3.05, 3.63) is 51.5 Å². The number of methoxy groups -OCH3 is 1. The Morgan fingerprint density at radius 2 is 1.96 bits per heavy atom. The normalized spacial score (nSPS) is 13.9. The summed E-state index contributed by atoms with van der Waals surface area (Å²) in [6.45, 7) is 2.07. The van der Waals surface area contributed by atoms with Crippen LogP contribution in [0.1, 0.15) is 23.2 Å². The van der Waals surface area contributed by atoms with Crippen molar-refractivity contribution in [2.75, 3.05) is 30.4 Å². The number of rotatable bonds is 4. The van der Waals surface area contributed by atoms with Crippen molar-refractivity contribution >= 4 is 44.8 Å². The highest BCUT2D eigenvalue weighted by Gasteiger charge is 2.16. The first-order valence-corrected chi connectivity index (χ1v) is 8.95. The Labute approximate surface area is 154 Å². The van der Waals surface area contributed by atoms with Gasteiger partial charge in [-0.05, 0) is 65.2 Å². The minimum Gasteiger partial charge on any atom is -0.496 e. The highest BCUT2D eigenvalue weighted by atomic mass is 79.9. The zero-order valence-electron chi connectivity index (χ0n) is 13.3. The van der Waals surface area contributed by atoms with Crippen molar-refractivity contribution < 1.29 is 9.53 Å². The van der Waals surface area contributed by atoms with Gasteiger partial charge in [-0.1, -0.05) is 11.6 Å². The molecule has 1 fully saturated rings. The number of amides is 1. The van der Waals surface area contributed by atoms with Gasteiger partial charge in [0.15, 0.2) is 0 Å². The lowest BCUT2D eigenvalue weighted by molar-refractivity contribution is 0.102. The van der Waals surface area contributed by atoms with Gasteiger partial charge >= 0.3 is 0 Å². The summed E-state index contributed by atoms with van der Waals surface area (Å²) in [7, 11) is 1.59. The van der Waals surface area contributed by atoms with Crippen molar-refractivity contribution in [3.8, 4) is 5.75 Å². The third kappa shape index (κ3) is 3.68. The van der Waals surface area contributed by atoms with E-state index in [1.165, 1.54) is 12.8 Å². The molecule has 0 aliphatic carbocycles. The number of carbonyl (C=O) groups is 1. The molecule has 0 atom stereocenters. The Kier molecular flexibility index (Phi) is 5.31. The minimum absolute atomic E-state index is 0.191. The maximum Gasteiger partial charge on any atom is 0.255 e. The molecular weight excluding hydrogens is 392 g/mol. The Morgan fingerprint density at radius 1 is 1.21 bits per heavy atom. The molecule has 126 valence electrons. The van der Waals surface area contributed by atoms with E-state index in [0.717, 1.165) is 23.2 Å². The van der Waals surface area contributed by atoms with Crippen LogP contribution < -0.4 is 15.0 Å². The molecule has 2 aromatic rings. The molecule has 1 heterocycles. The van der Waals surface area contributed by atoms with Crippen molar-refractivity contribution in [1.29, 1.82) is 0 Å². The molecule has 1 aliphatic rings. The Morgan fingerprint density at radius 3 is 2.58 bits per heavy atom. The number of hydrogen-bond donors (Lipinski definition) is 1. The molecule has 0 spiro atoms. The fourth-order valence-corrected chi connectivity index (χ4v) is 3.65. The lowest BCUT2D eigenvalue weighted by Crippen LogP contribution is -2.18. The summed E-state index contributed by atoms with van der Waals surface area (Å²) < 4.78 is 5.91. The van der Waals surface area contributed by atoms with Crippen LogP contribution in [0.5, 0.6) is 5.75 Å². The van der Waals surface area contributed by atoms with Crippen LogP contribution >= 0.6 is 27.5 Å². The van der Waals surface area contributed by atoms with E-state index in [1.807, 2.05) is 12.1 Å². The van der Waals surface area contributed by atoms with E-state index in [9.17, 15) is 4.79 Å². The molecule has 4 nitrogen and oxygen atoms in total. The molecule has 3 rings (SSSR count). The molecule has 2 aromatic carbocycles. The van der Waals surface area contributed by atoms with Gasteiger partial charge in [-0.25, -0.2) is 0 Å². The van der Waals surface area contributed by atoms with Gasteiger partial charge in [0.2, 0.25) is 0 Å². The summed E-state index contributed by atoms with van der Waals surface area (Å²) in [5, 5.41) is 3.54. The second kappa shape index (κ2) is 7.45. The zero-order chi connectivity index (χ0) is 17.1. The second-order valence-corrected chi connectivity index (χ2v) is 6.93. The predicted molar refractivity (Wildman–Crippen MR) is 102 cm³/mol. The van der Waals surface area contributed by atoms with Gasteiger partial charge in [0.05, 0.1) is 22.3 Å². The second-order valence-electron chi connectivity index (χ2n) is 5.66. The molecule has 1 aliphatic heterocycles. The first kappa shape index (κ1) is 17.1. The number of nitrogens with zero attached hydrogens (tertiary/aromatic N) is 1. The average Bonchev–Trinajstić information content (AvgIpc) is 3.09. The maximum atomic E-state index is 12.4. The van der Waals surface area contributed by atoms with Crippen LogP contribution in [0.4, 0.5) is 11.4 Å². The molecule has 0 bridgehead atoms. The molecule has 0 aromatic heterocycles. The highest BCUT2D eigenvalue weighted by molar-refractivity contribution is 9.10. The first-order chi connectivity index (χ1) is 11.6. The zero-order valence-corrected chi connectivity index (χ0v) is 15.7. The molecule has 0 radical (unpaired) electrons. The minimum atomic E-state index is -0.191. The number of carbonyl (C=O) groups excluding carboxylic acids is 1. The first-order valence-electron chi connectivity index (χ1n) is 7.78. The van der Waals surface area contributed by atoms with Crippen LogP contribution in [0.15, 0.2) is 40.9 Å². The van der Waals surface area contributed by atoms with Gasteiger partial charge < -0.3 is 15.0 Å². The summed E-state index contributed by atoms with van der Waals surface area (Å²) in [6.07, 6.45) is 2.39. The predicted octanol–water partition coefficient (Wildman–Crippen LogP) is 4.96. The lowest BCUT2D eigenvalue weighted by atomic mass is 10.2.